The van der Waals surface area contributed by atoms with Gasteiger partial charge in [0.05, 0.1) is 10.6 Å². The Hall–Kier alpha value is -2.29. The maximum atomic E-state index is 12.8. The van der Waals surface area contributed by atoms with Crippen molar-refractivity contribution >= 4 is 50.5 Å². The first kappa shape index (κ1) is 22.4. The zero-order chi connectivity index (χ0) is 21.8. The van der Waals surface area contributed by atoms with Crippen LogP contribution in [-0.4, -0.2) is 15.4 Å². The van der Waals surface area contributed by atoms with Crippen LogP contribution in [0.15, 0.2) is 51.9 Å². The number of carbonyl (C=O) groups excluding carboxylic acids is 1. The molecule has 0 aliphatic carbocycles. The van der Waals surface area contributed by atoms with Gasteiger partial charge >= 0.3 is 0 Å². The van der Waals surface area contributed by atoms with Crippen molar-refractivity contribution in [2.24, 2.45) is 4.99 Å². The van der Waals surface area contributed by atoms with E-state index in [1.54, 1.807) is 0 Å². The summed E-state index contributed by atoms with van der Waals surface area (Å²) in [4.78, 5) is 29.3. The van der Waals surface area contributed by atoms with E-state index in [1.807, 2.05) is 35.8 Å². The van der Waals surface area contributed by atoms with Crippen molar-refractivity contribution < 1.29 is 9.72 Å². The molecule has 3 aromatic rings. The van der Waals surface area contributed by atoms with Gasteiger partial charge in [-0.05, 0) is 43.2 Å². The fourth-order valence-corrected chi connectivity index (χ4v) is 4.86. The predicted octanol–water partition coefficient (Wildman–Crippen LogP) is 6.25. The van der Waals surface area contributed by atoms with E-state index in [0.717, 1.165) is 33.4 Å². The highest BCUT2D eigenvalue weighted by atomic mass is 79.9. The summed E-state index contributed by atoms with van der Waals surface area (Å²) in [6, 6.07) is 12.0. The largest absolute Gasteiger partial charge is 0.316 e. The molecule has 0 N–H and O–H groups in total. The SMILES string of the molecule is CCCc1sc(=NC(=O)c2ccc(Cl)c([N+](=O)[O-])c2)n(CC)c1-c1ccc(Br)cc1. The molecule has 156 valence electrons. The summed E-state index contributed by atoms with van der Waals surface area (Å²) in [5, 5.41) is 11.1. The highest BCUT2D eigenvalue weighted by Gasteiger charge is 2.18. The number of halogens is 2. The number of amides is 1. The van der Waals surface area contributed by atoms with E-state index < -0.39 is 10.8 Å². The monoisotopic (exact) mass is 507 g/mol. The topological polar surface area (TPSA) is 77.5 Å². The fourth-order valence-electron chi connectivity index (χ4n) is 3.09. The summed E-state index contributed by atoms with van der Waals surface area (Å²) in [7, 11) is 0. The van der Waals surface area contributed by atoms with Crippen LogP contribution >= 0.6 is 38.9 Å². The minimum absolute atomic E-state index is 0.0148. The molecule has 1 amide bonds. The first-order valence-corrected chi connectivity index (χ1v) is 11.4. The molecule has 1 heterocycles. The van der Waals surface area contributed by atoms with E-state index in [-0.39, 0.29) is 16.3 Å². The number of thiazole rings is 1. The van der Waals surface area contributed by atoms with Gasteiger partial charge in [0.1, 0.15) is 5.02 Å². The van der Waals surface area contributed by atoms with Gasteiger partial charge < -0.3 is 4.57 Å². The van der Waals surface area contributed by atoms with E-state index in [2.05, 4.69) is 27.8 Å². The fraction of sp³-hybridized carbons (Fsp3) is 0.238. The number of nitrogens with zero attached hydrogens (tertiary/aromatic N) is 3. The summed E-state index contributed by atoms with van der Waals surface area (Å²) in [6.45, 7) is 4.75. The van der Waals surface area contributed by atoms with Crippen LogP contribution in [0.5, 0.6) is 0 Å². The molecule has 0 spiro atoms. The van der Waals surface area contributed by atoms with Gasteiger partial charge in [-0.15, -0.1) is 11.3 Å². The Balaban J connectivity index is 2.13. The van der Waals surface area contributed by atoms with Gasteiger partial charge in [0.15, 0.2) is 4.80 Å². The van der Waals surface area contributed by atoms with Gasteiger partial charge in [-0.2, -0.15) is 4.99 Å². The van der Waals surface area contributed by atoms with Gasteiger partial charge in [0.2, 0.25) is 0 Å². The Morgan fingerprint density at radius 3 is 2.53 bits per heavy atom. The number of carbonyl (C=O) groups is 1. The highest BCUT2D eigenvalue weighted by molar-refractivity contribution is 9.10. The zero-order valence-corrected chi connectivity index (χ0v) is 19.6. The molecule has 6 nitrogen and oxygen atoms in total. The number of aromatic nitrogens is 1. The number of hydrogen-bond acceptors (Lipinski definition) is 4. The molecule has 0 saturated carbocycles. The van der Waals surface area contributed by atoms with Crippen LogP contribution in [0.4, 0.5) is 5.69 Å². The van der Waals surface area contributed by atoms with Gasteiger partial charge in [-0.25, -0.2) is 0 Å². The van der Waals surface area contributed by atoms with Crippen LogP contribution < -0.4 is 4.80 Å². The maximum Gasteiger partial charge on any atom is 0.288 e. The van der Waals surface area contributed by atoms with Gasteiger partial charge in [-0.1, -0.05) is 53.0 Å². The van der Waals surface area contributed by atoms with Crippen LogP contribution in [-0.2, 0) is 13.0 Å². The summed E-state index contributed by atoms with van der Waals surface area (Å²) >= 11 is 10.8. The number of hydrogen-bond donors (Lipinski definition) is 0. The first-order chi connectivity index (χ1) is 14.3. The lowest BCUT2D eigenvalue weighted by molar-refractivity contribution is -0.384. The number of nitro benzene ring substituents is 1. The molecule has 0 atom stereocenters. The molecule has 1 aromatic heterocycles. The van der Waals surface area contributed by atoms with E-state index >= 15 is 0 Å². The van der Waals surface area contributed by atoms with Crippen molar-refractivity contribution in [2.75, 3.05) is 0 Å². The van der Waals surface area contributed by atoms with E-state index in [1.165, 1.54) is 29.5 Å². The van der Waals surface area contributed by atoms with Crippen LogP contribution in [0.1, 0.15) is 35.5 Å². The van der Waals surface area contributed by atoms with Crippen LogP contribution in [0.2, 0.25) is 5.02 Å². The Labute approximate surface area is 191 Å². The third-order valence-corrected chi connectivity index (χ3v) is 6.46. The van der Waals surface area contributed by atoms with E-state index in [0.29, 0.717) is 11.3 Å². The predicted molar refractivity (Wildman–Crippen MR) is 123 cm³/mol. The Morgan fingerprint density at radius 2 is 1.93 bits per heavy atom. The molecule has 0 aliphatic rings. The first-order valence-electron chi connectivity index (χ1n) is 9.37. The minimum Gasteiger partial charge on any atom is -0.316 e. The van der Waals surface area contributed by atoms with Gasteiger partial charge in [0, 0.05) is 27.5 Å². The van der Waals surface area contributed by atoms with Crippen LogP contribution in [0.3, 0.4) is 0 Å². The molecular weight excluding hydrogens is 490 g/mol. The molecule has 3 rings (SSSR count). The Morgan fingerprint density at radius 1 is 1.23 bits per heavy atom. The van der Waals surface area contributed by atoms with Gasteiger partial charge in [-0.3, -0.25) is 14.9 Å². The third kappa shape index (κ3) is 4.71. The molecule has 9 heteroatoms. The van der Waals surface area contributed by atoms with Crippen molar-refractivity contribution in [2.45, 2.75) is 33.2 Å². The number of nitro groups is 1. The molecule has 0 saturated heterocycles. The molecule has 0 aliphatic heterocycles. The molecule has 0 unspecified atom stereocenters. The normalized spacial score (nSPS) is 11.7. The smallest absolute Gasteiger partial charge is 0.288 e. The third-order valence-electron chi connectivity index (χ3n) is 4.48. The van der Waals surface area contributed by atoms with E-state index in [4.69, 9.17) is 11.6 Å². The second kappa shape index (κ2) is 9.68. The standard InChI is InChI=1S/C21H19BrClN3O3S/c1-3-5-18-19(13-6-9-15(22)10-7-13)25(4-2)21(30-18)24-20(27)14-8-11-16(23)17(12-14)26(28)29/h6-12H,3-5H2,1-2H3. The van der Waals surface area contributed by atoms with Crippen molar-refractivity contribution in [3.8, 4) is 11.3 Å². The second-order valence-corrected chi connectivity index (χ2v) is 8.88. The second-order valence-electron chi connectivity index (χ2n) is 6.50. The summed E-state index contributed by atoms with van der Waals surface area (Å²) in [6.07, 6.45) is 1.83. The molecule has 0 fully saturated rings. The molecular formula is C21H19BrClN3O3S. The molecule has 0 radical (unpaired) electrons. The Kier molecular flexibility index (Phi) is 7.23. The Bertz CT molecular complexity index is 1170. The summed E-state index contributed by atoms with van der Waals surface area (Å²) in [5.74, 6) is -0.538. The maximum absolute atomic E-state index is 12.8. The van der Waals surface area contributed by atoms with Crippen LogP contribution in [0, 0.1) is 10.1 Å². The zero-order valence-electron chi connectivity index (χ0n) is 16.4. The van der Waals surface area contributed by atoms with Crippen molar-refractivity contribution in [3.05, 3.63) is 77.3 Å². The average Bonchev–Trinajstić information content (AvgIpc) is 3.05. The summed E-state index contributed by atoms with van der Waals surface area (Å²) < 4.78 is 3.01. The van der Waals surface area contributed by atoms with Crippen molar-refractivity contribution in [1.82, 2.24) is 4.57 Å². The lowest BCUT2D eigenvalue weighted by atomic mass is 10.1. The minimum atomic E-state index is -0.610. The van der Waals surface area contributed by atoms with E-state index in [9.17, 15) is 14.9 Å². The molecule has 2 aromatic carbocycles. The lowest BCUT2D eigenvalue weighted by Crippen LogP contribution is -2.17. The van der Waals surface area contributed by atoms with Crippen molar-refractivity contribution in [1.29, 1.82) is 0 Å². The van der Waals surface area contributed by atoms with Gasteiger partial charge in [0.25, 0.3) is 11.6 Å². The number of aryl methyl sites for hydroxylation is 1. The lowest BCUT2D eigenvalue weighted by Gasteiger charge is -2.09. The number of benzene rings is 2. The average molecular weight is 509 g/mol. The molecule has 0 bridgehead atoms. The van der Waals surface area contributed by atoms with Crippen LogP contribution in [0.25, 0.3) is 11.3 Å². The van der Waals surface area contributed by atoms with Crippen molar-refractivity contribution in [3.63, 3.8) is 0 Å². The molecule has 30 heavy (non-hydrogen) atoms. The number of rotatable bonds is 6. The highest BCUT2D eigenvalue weighted by Crippen LogP contribution is 2.29. The quantitative estimate of drug-likeness (QED) is 0.291. The summed E-state index contributed by atoms with van der Waals surface area (Å²) in [5.41, 5.74) is 1.92.